The minimum absolute atomic E-state index is 0.218. The minimum atomic E-state index is -0.314. The van der Waals surface area contributed by atoms with Crippen LogP contribution in [0.5, 0.6) is 0 Å². The van der Waals surface area contributed by atoms with Crippen LogP contribution in [-0.2, 0) is 6.54 Å². The molecule has 6 nitrogen and oxygen atoms in total. The van der Waals surface area contributed by atoms with Crippen molar-refractivity contribution in [1.29, 1.82) is 5.26 Å². The number of nitrogens with zero attached hydrogens (tertiary/aromatic N) is 3. The number of hydrogen-bond donors (Lipinski definition) is 2. The highest BCUT2D eigenvalue weighted by Crippen LogP contribution is 2.15. The van der Waals surface area contributed by atoms with Gasteiger partial charge in [-0.1, -0.05) is 29.8 Å². The van der Waals surface area contributed by atoms with Crippen molar-refractivity contribution < 1.29 is 4.79 Å². The molecule has 0 saturated heterocycles. The summed E-state index contributed by atoms with van der Waals surface area (Å²) in [6.07, 6.45) is 0. The Bertz CT molecular complexity index is 949. The zero-order valence-electron chi connectivity index (χ0n) is 13.6. The molecule has 0 aliphatic carbocycles. The molecule has 0 aliphatic heterocycles. The predicted molar refractivity (Wildman–Crippen MR) is 99.1 cm³/mol. The number of carbonyl (C=O) groups excluding carboxylic acids is 1. The SMILES string of the molecule is N#Cc1cccc(Nc2ccc(C(=O)NCc3ccc(Cl)cc3)nn2)c1. The molecule has 2 aromatic carbocycles. The fourth-order valence-electron chi connectivity index (χ4n) is 2.21. The number of carbonyl (C=O) groups is 1. The largest absolute Gasteiger partial charge is 0.347 e. The topological polar surface area (TPSA) is 90.7 Å². The Kier molecular flexibility index (Phi) is 5.42. The van der Waals surface area contributed by atoms with E-state index >= 15 is 0 Å². The van der Waals surface area contributed by atoms with Crippen molar-refractivity contribution in [3.8, 4) is 6.07 Å². The summed E-state index contributed by atoms with van der Waals surface area (Å²) in [5, 5.41) is 23.3. The molecular formula is C19H14ClN5O. The van der Waals surface area contributed by atoms with Crippen LogP contribution in [0.15, 0.2) is 60.7 Å². The molecular weight excluding hydrogens is 350 g/mol. The highest BCUT2D eigenvalue weighted by atomic mass is 35.5. The Morgan fingerprint density at radius 3 is 2.58 bits per heavy atom. The summed E-state index contributed by atoms with van der Waals surface area (Å²) in [5.74, 6) is 0.166. The van der Waals surface area contributed by atoms with Crippen LogP contribution in [0.1, 0.15) is 21.6 Å². The zero-order valence-corrected chi connectivity index (χ0v) is 14.4. The predicted octanol–water partition coefficient (Wildman–Crippen LogP) is 3.68. The number of benzene rings is 2. The van der Waals surface area contributed by atoms with Crippen molar-refractivity contribution in [2.45, 2.75) is 6.54 Å². The van der Waals surface area contributed by atoms with Gasteiger partial charge >= 0.3 is 0 Å². The number of anilines is 2. The van der Waals surface area contributed by atoms with Gasteiger partial charge in [-0.2, -0.15) is 5.26 Å². The maximum atomic E-state index is 12.1. The van der Waals surface area contributed by atoms with E-state index in [1.807, 2.05) is 18.2 Å². The zero-order chi connectivity index (χ0) is 18.4. The van der Waals surface area contributed by atoms with Crippen molar-refractivity contribution in [3.63, 3.8) is 0 Å². The highest BCUT2D eigenvalue weighted by Gasteiger charge is 2.08. The first-order chi connectivity index (χ1) is 12.6. The molecule has 7 heteroatoms. The van der Waals surface area contributed by atoms with E-state index in [1.165, 1.54) is 0 Å². The number of rotatable bonds is 5. The van der Waals surface area contributed by atoms with Gasteiger partial charge in [0.1, 0.15) is 0 Å². The van der Waals surface area contributed by atoms with E-state index < -0.39 is 0 Å². The molecule has 0 unspecified atom stereocenters. The Hall–Kier alpha value is -3.43. The Morgan fingerprint density at radius 1 is 1.08 bits per heavy atom. The molecule has 0 radical (unpaired) electrons. The van der Waals surface area contributed by atoms with Gasteiger partial charge in [0.2, 0.25) is 0 Å². The smallest absolute Gasteiger partial charge is 0.272 e. The van der Waals surface area contributed by atoms with Crippen molar-refractivity contribution >= 4 is 29.0 Å². The first-order valence-corrected chi connectivity index (χ1v) is 8.15. The van der Waals surface area contributed by atoms with Crippen LogP contribution in [0, 0.1) is 11.3 Å². The first kappa shape index (κ1) is 17.4. The fraction of sp³-hybridized carbons (Fsp3) is 0.0526. The third kappa shape index (κ3) is 4.56. The maximum Gasteiger partial charge on any atom is 0.272 e. The van der Waals surface area contributed by atoms with E-state index in [1.54, 1.807) is 42.5 Å². The monoisotopic (exact) mass is 363 g/mol. The number of halogens is 1. The normalized spacial score (nSPS) is 10.0. The average molecular weight is 364 g/mol. The van der Waals surface area contributed by atoms with Crippen LogP contribution in [0.4, 0.5) is 11.5 Å². The van der Waals surface area contributed by atoms with Gasteiger partial charge in [0.05, 0.1) is 11.6 Å². The fourth-order valence-corrected chi connectivity index (χ4v) is 2.34. The second-order valence-corrected chi connectivity index (χ2v) is 5.87. The number of hydrogen-bond acceptors (Lipinski definition) is 5. The molecule has 128 valence electrons. The van der Waals surface area contributed by atoms with Crippen LogP contribution in [0.25, 0.3) is 0 Å². The van der Waals surface area contributed by atoms with E-state index in [0.717, 1.165) is 11.3 Å². The lowest BCUT2D eigenvalue weighted by Crippen LogP contribution is -2.24. The van der Waals surface area contributed by atoms with Gasteiger partial charge in [0, 0.05) is 17.3 Å². The van der Waals surface area contributed by atoms with E-state index in [9.17, 15) is 4.79 Å². The average Bonchev–Trinajstić information content (AvgIpc) is 2.68. The van der Waals surface area contributed by atoms with Gasteiger partial charge in [-0.25, -0.2) is 0 Å². The van der Waals surface area contributed by atoms with Gasteiger partial charge in [-0.15, -0.1) is 10.2 Å². The van der Waals surface area contributed by atoms with E-state index in [4.69, 9.17) is 16.9 Å². The summed E-state index contributed by atoms with van der Waals surface area (Å²) in [6, 6.07) is 19.5. The van der Waals surface area contributed by atoms with Gasteiger partial charge in [-0.3, -0.25) is 4.79 Å². The summed E-state index contributed by atoms with van der Waals surface area (Å²) >= 11 is 5.83. The molecule has 0 atom stereocenters. The Balaban J connectivity index is 1.60. The van der Waals surface area contributed by atoms with Crippen LogP contribution >= 0.6 is 11.6 Å². The molecule has 1 aromatic heterocycles. The third-order valence-corrected chi connectivity index (χ3v) is 3.78. The number of aromatic nitrogens is 2. The van der Waals surface area contributed by atoms with Crippen LogP contribution in [0.2, 0.25) is 5.02 Å². The number of nitrogens with one attached hydrogen (secondary N) is 2. The molecule has 26 heavy (non-hydrogen) atoms. The molecule has 0 bridgehead atoms. The van der Waals surface area contributed by atoms with Crippen molar-refractivity contribution in [3.05, 3.63) is 82.5 Å². The lowest BCUT2D eigenvalue weighted by atomic mass is 10.2. The Labute approximate surface area is 155 Å². The summed E-state index contributed by atoms with van der Waals surface area (Å²) < 4.78 is 0. The van der Waals surface area contributed by atoms with Gasteiger partial charge in [-0.05, 0) is 48.0 Å². The van der Waals surface area contributed by atoms with Crippen molar-refractivity contribution in [2.75, 3.05) is 5.32 Å². The van der Waals surface area contributed by atoms with Crippen LogP contribution in [0.3, 0.4) is 0 Å². The molecule has 1 heterocycles. The second-order valence-electron chi connectivity index (χ2n) is 5.43. The third-order valence-electron chi connectivity index (χ3n) is 3.53. The number of amides is 1. The molecule has 3 aromatic rings. The van der Waals surface area contributed by atoms with Crippen molar-refractivity contribution in [1.82, 2.24) is 15.5 Å². The summed E-state index contributed by atoms with van der Waals surface area (Å²) in [5.41, 5.74) is 2.42. The lowest BCUT2D eigenvalue weighted by Gasteiger charge is -2.07. The first-order valence-electron chi connectivity index (χ1n) is 7.77. The standard InChI is InChI=1S/C19H14ClN5O/c20-15-6-4-13(5-7-15)12-22-19(26)17-8-9-18(25-24-17)23-16-3-1-2-14(10-16)11-21/h1-10H,12H2,(H,22,26)(H,23,25). The van der Waals surface area contributed by atoms with Gasteiger partial charge in [0.25, 0.3) is 5.91 Å². The number of nitriles is 1. The summed E-state index contributed by atoms with van der Waals surface area (Å²) in [7, 11) is 0. The minimum Gasteiger partial charge on any atom is -0.347 e. The second kappa shape index (κ2) is 8.10. The molecule has 2 N–H and O–H groups in total. The maximum absolute atomic E-state index is 12.1. The van der Waals surface area contributed by atoms with Gasteiger partial charge in [0.15, 0.2) is 11.5 Å². The summed E-state index contributed by atoms with van der Waals surface area (Å²) in [4.78, 5) is 12.1. The lowest BCUT2D eigenvalue weighted by molar-refractivity contribution is 0.0945. The quantitative estimate of drug-likeness (QED) is 0.721. The molecule has 3 rings (SSSR count). The Morgan fingerprint density at radius 2 is 1.88 bits per heavy atom. The highest BCUT2D eigenvalue weighted by molar-refractivity contribution is 6.30. The van der Waals surface area contributed by atoms with Crippen molar-refractivity contribution in [2.24, 2.45) is 0 Å². The van der Waals surface area contributed by atoms with Gasteiger partial charge < -0.3 is 10.6 Å². The summed E-state index contributed by atoms with van der Waals surface area (Å²) in [6.45, 7) is 0.374. The molecule has 0 aliphatic rings. The van der Waals surface area contributed by atoms with Crippen LogP contribution < -0.4 is 10.6 Å². The van der Waals surface area contributed by atoms with E-state index in [2.05, 4.69) is 26.9 Å². The molecule has 0 saturated carbocycles. The molecule has 0 spiro atoms. The molecule has 0 fully saturated rings. The molecule has 1 amide bonds. The van der Waals surface area contributed by atoms with E-state index in [-0.39, 0.29) is 11.6 Å². The van der Waals surface area contributed by atoms with Crippen LogP contribution in [-0.4, -0.2) is 16.1 Å². The van der Waals surface area contributed by atoms with E-state index in [0.29, 0.717) is 22.9 Å².